The largest absolute Gasteiger partial charge is 0.340 e. The first kappa shape index (κ1) is 21.3. The fourth-order valence-electron chi connectivity index (χ4n) is 3.66. The maximum Gasteiger partial charge on any atom is 0.238 e. The average Bonchev–Trinajstić information content (AvgIpc) is 3.21. The quantitative estimate of drug-likeness (QED) is 0.330. The number of benzene rings is 3. The van der Waals surface area contributed by atoms with E-state index in [2.05, 4.69) is 31.2 Å². The van der Waals surface area contributed by atoms with Crippen LogP contribution in [0.3, 0.4) is 0 Å². The molecule has 3 aromatic carbocycles. The van der Waals surface area contributed by atoms with Crippen molar-refractivity contribution in [2.75, 3.05) is 5.32 Å². The van der Waals surface area contributed by atoms with E-state index in [0.29, 0.717) is 11.5 Å². The predicted octanol–water partition coefficient (Wildman–Crippen LogP) is 5.24. The Labute approximate surface area is 199 Å². The fourth-order valence-corrected chi connectivity index (χ4v) is 4.44. The minimum Gasteiger partial charge on any atom is -0.340 e. The maximum absolute atomic E-state index is 11.7. The van der Waals surface area contributed by atoms with E-state index >= 15 is 0 Å². The van der Waals surface area contributed by atoms with E-state index in [4.69, 9.17) is 5.14 Å². The molecule has 33 heavy (non-hydrogen) atoms. The monoisotopic (exact) mass is 519 g/mol. The topological polar surface area (TPSA) is 103 Å². The van der Waals surface area contributed by atoms with Gasteiger partial charge in [-0.15, -0.1) is 0 Å². The lowest BCUT2D eigenvalue weighted by atomic mass is 10.1. The molecule has 7 nitrogen and oxygen atoms in total. The van der Waals surface area contributed by atoms with Gasteiger partial charge in [0.15, 0.2) is 5.65 Å². The molecule has 0 saturated carbocycles. The predicted molar refractivity (Wildman–Crippen MR) is 133 cm³/mol. The van der Waals surface area contributed by atoms with Gasteiger partial charge in [-0.1, -0.05) is 46.3 Å². The van der Waals surface area contributed by atoms with Crippen LogP contribution in [0.15, 0.2) is 101 Å². The fraction of sp³-hybridized carbons (Fsp3) is 0. The summed E-state index contributed by atoms with van der Waals surface area (Å²) in [5.41, 5.74) is 4.29. The minimum absolute atomic E-state index is 0.0539. The lowest BCUT2D eigenvalue weighted by molar-refractivity contribution is 0.598. The maximum atomic E-state index is 11.7. The second-order valence-corrected chi connectivity index (χ2v) is 9.85. The normalized spacial score (nSPS) is 11.6. The molecule has 0 bridgehead atoms. The van der Waals surface area contributed by atoms with Crippen molar-refractivity contribution in [3.05, 3.63) is 95.9 Å². The van der Waals surface area contributed by atoms with Gasteiger partial charge in [0.2, 0.25) is 10.0 Å². The molecule has 0 unspecified atom stereocenters. The number of nitrogens with one attached hydrogen (secondary N) is 1. The number of hydrogen-bond acceptors (Lipinski definition) is 5. The smallest absolute Gasteiger partial charge is 0.238 e. The van der Waals surface area contributed by atoms with E-state index in [0.717, 1.165) is 32.4 Å². The highest BCUT2D eigenvalue weighted by atomic mass is 79.9. The van der Waals surface area contributed by atoms with Gasteiger partial charge >= 0.3 is 0 Å². The Morgan fingerprint density at radius 2 is 1.58 bits per heavy atom. The molecule has 5 aromatic rings. The molecule has 3 N–H and O–H groups in total. The van der Waals surface area contributed by atoms with E-state index in [9.17, 15) is 8.42 Å². The van der Waals surface area contributed by atoms with Crippen molar-refractivity contribution < 1.29 is 8.42 Å². The van der Waals surface area contributed by atoms with Crippen molar-refractivity contribution >= 4 is 48.5 Å². The summed E-state index contributed by atoms with van der Waals surface area (Å²) in [5.74, 6) is 0.668. The minimum atomic E-state index is -3.77. The van der Waals surface area contributed by atoms with Gasteiger partial charge in [-0.2, -0.15) is 0 Å². The summed E-state index contributed by atoms with van der Waals surface area (Å²) in [6.45, 7) is 0. The zero-order valence-corrected chi connectivity index (χ0v) is 19.6. The van der Waals surface area contributed by atoms with Crippen LogP contribution in [-0.4, -0.2) is 23.0 Å². The Morgan fingerprint density at radius 1 is 0.879 bits per heavy atom. The average molecular weight is 520 g/mol. The van der Waals surface area contributed by atoms with E-state index in [1.165, 1.54) is 18.5 Å². The summed E-state index contributed by atoms with van der Waals surface area (Å²) in [6.07, 6.45) is 3.49. The summed E-state index contributed by atoms with van der Waals surface area (Å²) in [4.78, 5) is 9.13. The molecule has 0 spiro atoms. The van der Waals surface area contributed by atoms with Crippen LogP contribution in [0, 0.1) is 0 Å². The van der Waals surface area contributed by atoms with Gasteiger partial charge < -0.3 is 9.88 Å². The van der Waals surface area contributed by atoms with Crippen LogP contribution in [0.5, 0.6) is 0 Å². The molecule has 5 rings (SSSR count). The van der Waals surface area contributed by atoms with Crippen LogP contribution >= 0.6 is 15.9 Å². The molecular formula is C24H18BrN5O2S. The zero-order valence-electron chi connectivity index (χ0n) is 17.2. The van der Waals surface area contributed by atoms with Crippen molar-refractivity contribution in [3.63, 3.8) is 0 Å². The molecule has 0 atom stereocenters. The summed E-state index contributed by atoms with van der Waals surface area (Å²) < 4.78 is 26.2. The highest BCUT2D eigenvalue weighted by Gasteiger charge is 2.18. The second kappa shape index (κ2) is 8.43. The number of fused-ring (bicyclic) bond motifs is 1. The van der Waals surface area contributed by atoms with Gasteiger partial charge in [-0.3, -0.25) is 0 Å². The van der Waals surface area contributed by atoms with Crippen LogP contribution in [0.1, 0.15) is 0 Å². The molecule has 0 amide bonds. The third-order valence-corrected chi connectivity index (χ3v) is 6.68. The third kappa shape index (κ3) is 4.25. The summed E-state index contributed by atoms with van der Waals surface area (Å²) in [5, 5.41) is 9.50. The van der Waals surface area contributed by atoms with Gasteiger partial charge in [0.25, 0.3) is 0 Å². The van der Waals surface area contributed by atoms with Crippen LogP contribution < -0.4 is 10.5 Å². The highest BCUT2D eigenvalue weighted by molar-refractivity contribution is 9.10. The molecule has 9 heteroatoms. The second-order valence-electron chi connectivity index (χ2n) is 7.37. The van der Waals surface area contributed by atoms with Crippen molar-refractivity contribution in [1.29, 1.82) is 0 Å². The van der Waals surface area contributed by atoms with E-state index < -0.39 is 10.0 Å². The summed E-state index contributed by atoms with van der Waals surface area (Å²) in [7, 11) is -3.77. The molecule has 0 aliphatic heterocycles. The molecule has 0 saturated heterocycles. The lowest BCUT2D eigenvalue weighted by Gasteiger charge is -2.09. The van der Waals surface area contributed by atoms with Crippen LogP contribution in [0.2, 0.25) is 0 Å². The number of sulfonamides is 1. The number of nitrogens with zero attached hydrogens (tertiary/aromatic N) is 3. The van der Waals surface area contributed by atoms with Crippen LogP contribution in [0.4, 0.5) is 11.5 Å². The first-order valence-electron chi connectivity index (χ1n) is 9.97. The molecular weight excluding hydrogens is 502 g/mol. The first-order chi connectivity index (χ1) is 15.9. The van der Waals surface area contributed by atoms with Gasteiger partial charge in [-0.05, 0) is 54.1 Å². The number of nitrogens with two attached hydrogens (primary N) is 1. The first-order valence-corrected chi connectivity index (χ1v) is 12.3. The lowest BCUT2D eigenvalue weighted by Crippen LogP contribution is -2.12. The standard InChI is InChI=1S/C24H18BrN5O2S/c25-17-6-8-18(9-7-17)29-23-22-21(16-4-2-1-3-5-16)14-30(24(22)28-15-27-23)19-10-12-20(13-11-19)33(26,31)32/h1-15H,(H2,26,31,32)(H,27,28,29). The Bertz CT molecular complexity index is 1550. The van der Waals surface area contributed by atoms with Crippen molar-refractivity contribution in [3.8, 4) is 16.8 Å². The van der Waals surface area contributed by atoms with Gasteiger partial charge in [0, 0.05) is 27.6 Å². The number of hydrogen-bond donors (Lipinski definition) is 2. The van der Waals surface area contributed by atoms with Gasteiger partial charge in [0.05, 0.1) is 10.3 Å². The molecule has 164 valence electrons. The molecule has 0 aliphatic rings. The zero-order chi connectivity index (χ0) is 23.0. The number of rotatable bonds is 5. The number of aromatic nitrogens is 3. The van der Waals surface area contributed by atoms with Crippen LogP contribution in [-0.2, 0) is 10.0 Å². The molecule has 2 aromatic heterocycles. The van der Waals surface area contributed by atoms with E-state index in [1.807, 2.05) is 65.4 Å². The highest BCUT2D eigenvalue weighted by Crippen LogP contribution is 2.36. The number of primary sulfonamides is 1. The Morgan fingerprint density at radius 3 is 2.24 bits per heavy atom. The Hall–Kier alpha value is -3.53. The van der Waals surface area contributed by atoms with E-state index in [-0.39, 0.29) is 4.90 Å². The molecule has 0 aliphatic carbocycles. The van der Waals surface area contributed by atoms with E-state index in [1.54, 1.807) is 12.1 Å². The van der Waals surface area contributed by atoms with Crippen molar-refractivity contribution in [2.24, 2.45) is 5.14 Å². The SMILES string of the molecule is NS(=O)(=O)c1ccc(-n2cc(-c3ccccc3)c3c(Nc4ccc(Br)cc4)ncnc32)cc1. The summed E-state index contributed by atoms with van der Waals surface area (Å²) in [6, 6.07) is 24.2. The molecule has 2 heterocycles. The third-order valence-electron chi connectivity index (χ3n) is 5.22. The van der Waals surface area contributed by atoms with Gasteiger partial charge in [-0.25, -0.2) is 23.5 Å². The summed E-state index contributed by atoms with van der Waals surface area (Å²) >= 11 is 3.46. The number of anilines is 2. The Balaban J connectivity index is 1.71. The van der Waals surface area contributed by atoms with Gasteiger partial charge in [0.1, 0.15) is 12.1 Å². The molecule has 0 radical (unpaired) electrons. The Kier molecular flexibility index (Phi) is 5.45. The molecule has 0 fully saturated rings. The number of halogens is 1. The van der Waals surface area contributed by atoms with Crippen molar-refractivity contribution in [1.82, 2.24) is 14.5 Å². The van der Waals surface area contributed by atoms with Crippen molar-refractivity contribution in [2.45, 2.75) is 4.90 Å². The van der Waals surface area contributed by atoms with Crippen LogP contribution in [0.25, 0.3) is 27.8 Å².